The lowest BCUT2D eigenvalue weighted by Gasteiger charge is -2.22. The fourth-order valence-electron chi connectivity index (χ4n) is 3.48. The molecule has 6 heteroatoms. The van der Waals surface area contributed by atoms with Gasteiger partial charge in [0.15, 0.2) is 11.6 Å². The standard InChI is InChI=1S/C21H21N3O3/c1-10(2)22-15-9-14-18(24-27-21(14)23-11(3)4)17-16(15)19(25)12-7-5-6-8-13(12)20(17)26/h5-11,22-23H,1-4H3. The molecule has 2 N–H and O–H groups in total. The van der Waals surface area contributed by atoms with Gasteiger partial charge in [0, 0.05) is 28.9 Å². The maximum absolute atomic E-state index is 13.3. The lowest BCUT2D eigenvalue weighted by atomic mass is 9.82. The monoisotopic (exact) mass is 363 g/mol. The first-order valence-electron chi connectivity index (χ1n) is 9.06. The van der Waals surface area contributed by atoms with Crippen LogP contribution >= 0.6 is 0 Å². The van der Waals surface area contributed by atoms with Crippen LogP contribution in [0.2, 0.25) is 0 Å². The zero-order valence-corrected chi connectivity index (χ0v) is 15.7. The maximum atomic E-state index is 13.3. The topological polar surface area (TPSA) is 84.2 Å². The van der Waals surface area contributed by atoms with Crippen LogP contribution < -0.4 is 10.6 Å². The summed E-state index contributed by atoms with van der Waals surface area (Å²) >= 11 is 0. The molecule has 0 saturated heterocycles. The van der Waals surface area contributed by atoms with Crippen LogP contribution in [-0.2, 0) is 0 Å². The van der Waals surface area contributed by atoms with Crippen LogP contribution in [-0.4, -0.2) is 28.8 Å². The molecule has 1 aliphatic rings. The summed E-state index contributed by atoms with van der Waals surface area (Å²) in [4.78, 5) is 26.5. The smallest absolute Gasteiger partial charge is 0.232 e. The molecule has 1 heterocycles. The number of anilines is 2. The molecular weight excluding hydrogens is 342 g/mol. The second-order valence-corrected chi connectivity index (χ2v) is 7.38. The Hall–Kier alpha value is -3.15. The third-order valence-corrected chi connectivity index (χ3v) is 4.51. The Morgan fingerprint density at radius 1 is 0.889 bits per heavy atom. The van der Waals surface area contributed by atoms with Gasteiger partial charge in [0.05, 0.1) is 16.5 Å². The van der Waals surface area contributed by atoms with Gasteiger partial charge in [0.1, 0.15) is 5.52 Å². The van der Waals surface area contributed by atoms with Gasteiger partial charge in [-0.2, -0.15) is 0 Å². The molecule has 3 aromatic rings. The Balaban J connectivity index is 2.04. The second-order valence-electron chi connectivity index (χ2n) is 7.38. The van der Waals surface area contributed by atoms with Crippen molar-refractivity contribution in [3.05, 3.63) is 52.6 Å². The maximum Gasteiger partial charge on any atom is 0.232 e. The predicted octanol–water partition coefficient (Wildman–Crippen LogP) is 4.24. The molecule has 27 heavy (non-hydrogen) atoms. The van der Waals surface area contributed by atoms with Gasteiger partial charge in [-0.15, -0.1) is 0 Å². The van der Waals surface area contributed by atoms with Crippen LogP contribution in [0.3, 0.4) is 0 Å². The third kappa shape index (κ3) is 2.68. The highest BCUT2D eigenvalue weighted by Gasteiger charge is 2.35. The lowest BCUT2D eigenvalue weighted by molar-refractivity contribution is 0.0980. The van der Waals surface area contributed by atoms with E-state index in [4.69, 9.17) is 4.52 Å². The molecule has 0 unspecified atom stereocenters. The van der Waals surface area contributed by atoms with E-state index in [0.717, 1.165) is 0 Å². The van der Waals surface area contributed by atoms with Crippen molar-refractivity contribution in [2.45, 2.75) is 39.8 Å². The molecule has 1 aromatic heterocycles. The number of benzene rings is 2. The number of aromatic nitrogens is 1. The first-order chi connectivity index (χ1) is 12.9. The quantitative estimate of drug-likeness (QED) is 0.564. The number of nitrogens with one attached hydrogen (secondary N) is 2. The van der Waals surface area contributed by atoms with E-state index >= 15 is 0 Å². The van der Waals surface area contributed by atoms with E-state index < -0.39 is 0 Å². The van der Waals surface area contributed by atoms with Crippen LogP contribution in [0.25, 0.3) is 10.9 Å². The van der Waals surface area contributed by atoms with Crippen molar-refractivity contribution in [1.82, 2.24) is 5.16 Å². The number of carbonyl (C=O) groups is 2. The molecule has 0 spiro atoms. The van der Waals surface area contributed by atoms with Crippen molar-refractivity contribution in [3.8, 4) is 0 Å². The molecular formula is C21H21N3O3. The van der Waals surface area contributed by atoms with Gasteiger partial charge in [-0.25, -0.2) is 0 Å². The zero-order chi connectivity index (χ0) is 19.3. The number of carbonyl (C=O) groups excluding carboxylic acids is 2. The molecule has 0 fully saturated rings. The molecule has 4 rings (SSSR count). The fourth-order valence-corrected chi connectivity index (χ4v) is 3.48. The number of ketones is 2. The summed E-state index contributed by atoms with van der Waals surface area (Å²) in [5.41, 5.74) is 2.53. The van der Waals surface area contributed by atoms with E-state index in [9.17, 15) is 9.59 Å². The van der Waals surface area contributed by atoms with E-state index in [1.807, 2.05) is 33.8 Å². The van der Waals surface area contributed by atoms with Gasteiger partial charge in [0.2, 0.25) is 5.88 Å². The molecule has 0 amide bonds. The minimum atomic E-state index is -0.206. The Morgan fingerprint density at radius 2 is 1.48 bits per heavy atom. The number of hydrogen-bond donors (Lipinski definition) is 2. The summed E-state index contributed by atoms with van der Waals surface area (Å²) < 4.78 is 5.47. The minimum Gasteiger partial charge on any atom is -0.382 e. The van der Waals surface area contributed by atoms with Crippen LogP contribution in [0.4, 0.5) is 11.6 Å². The van der Waals surface area contributed by atoms with Gasteiger partial charge in [0.25, 0.3) is 0 Å². The first kappa shape index (κ1) is 17.3. The van der Waals surface area contributed by atoms with Crippen molar-refractivity contribution in [3.63, 3.8) is 0 Å². The van der Waals surface area contributed by atoms with Crippen LogP contribution in [0.1, 0.15) is 59.5 Å². The molecule has 6 nitrogen and oxygen atoms in total. The molecule has 0 bridgehead atoms. The summed E-state index contributed by atoms with van der Waals surface area (Å²) in [6, 6.07) is 8.97. The minimum absolute atomic E-state index is 0.0907. The Kier molecular flexibility index (Phi) is 3.98. The Bertz CT molecular complexity index is 1080. The fraction of sp³-hybridized carbons (Fsp3) is 0.286. The summed E-state index contributed by atoms with van der Waals surface area (Å²) in [6.07, 6.45) is 0. The van der Waals surface area contributed by atoms with Crippen molar-refractivity contribution in [2.75, 3.05) is 10.6 Å². The van der Waals surface area contributed by atoms with Crippen molar-refractivity contribution in [2.24, 2.45) is 0 Å². The normalized spacial score (nSPS) is 13.3. The summed E-state index contributed by atoms with van der Waals surface area (Å²) in [5, 5.41) is 11.3. The Labute approximate surface area is 156 Å². The lowest BCUT2D eigenvalue weighted by Crippen LogP contribution is -2.24. The number of fused-ring (bicyclic) bond motifs is 4. The van der Waals surface area contributed by atoms with E-state index in [1.54, 1.807) is 24.3 Å². The number of nitrogens with zero attached hydrogens (tertiary/aromatic N) is 1. The van der Waals surface area contributed by atoms with Gasteiger partial charge in [-0.3, -0.25) is 9.59 Å². The highest BCUT2D eigenvalue weighted by molar-refractivity contribution is 6.34. The third-order valence-electron chi connectivity index (χ3n) is 4.51. The molecule has 0 atom stereocenters. The number of rotatable bonds is 4. The zero-order valence-electron chi connectivity index (χ0n) is 15.7. The van der Waals surface area contributed by atoms with Gasteiger partial charge >= 0.3 is 0 Å². The van der Waals surface area contributed by atoms with Crippen LogP contribution in [0.5, 0.6) is 0 Å². The molecule has 1 aliphatic carbocycles. The predicted molar refractivity (Wildman–Crippen MR) is 105 cm³/mol. The average molecular weight is 363 g/mol. The molecule has 0 aliphatic heterocycles. The summed E-state index contributed by atoms with van der Waals surface area (Å²) in [6.45, 7) is 7.96. The summed E-state index contributed by atoms with van der Waals surface area (Å²) in [7, 11) is 0. The highest BCUT2D eigenvalue weighted by Crippen LogP contribution is 2.39. The van der Waals surface area contributed by atoms with E-state index in [1.165, 1.54) is 0 Å². The summed E-state index contributed by atoms with van der Waals surface area (Å²) in [5.74, 6) is 0.113. The van der Waals surface area contributed by atoms with E-state index in [-0.39, 0.29) is 23.7 Å². The van der Waals surface area contributed by atoms with Gasteiger partial charge in [-0.1, -0.05) is 29.4 Å². The number of hydrogen-bond acceptors (Lipinski definition) is 6. The Morgan fingerprint density at radius 3 is 2.07 bits per heavy atom. The highest BCUT2D eigenvalue weighted by atomic mass is 16.5. The van der Waals surface area contributed by atoms with E-state index in [0.29, 0.717) is 44.7 Å². The van der Waals surface area contributed by atoms with Crippen molar-refractivity contribution >= 4 is 34.0 Å². The largest absolute Gasteiger partial charge is 0.382 e. The SMILES string of the molecule is CC(C)Nc1cc2c(NC(C)C)onc2c2c1C(=O)c1ccccc1C2=O. The second kappa shape index (κ2) is 6.23. The first-order valence-corrected chi connectivity index (χ1v) is 9.06. The van der Waals surface area contributed by atoms with Crippen molar-refractivity contribution < 1.29 is 14.1 Å². The molecule has 0 radical (unpaired) electrons. The van der Waals surface area contributed by atoms with E-state index in [2.05, 4.69) is 15.8 Å². The van der Waals surface area contributed by atoms with Gasteiger partial charge in [-0.05, 0) is 33.8 Å². The molecule has 0 saturated carbocycles. The molecule has 2 aromatic carbocycles. The average Bonchev–Trinajstić information content (AvgIpc) is 3.00. The van der Waals surface area contributed by atoms with Gasteiger partial charge < -0.3 is 15.2 Å². The molecule has 138 valence electrons. The van der Waals surface area contributed by atoms with Crippen molar-refractivity contribution in [1.29, 1.82) is 0 Å². The van der Waals surface area contributed by atoms with Crippen LogP contribution in [0.15, 0.2) is 34.9 Å². The van der Waals surface area contributed by atoms with Crippen LogP contribution in [0, 0.1) is 0 Å².